The van der Waals surface area contributed by atoms with Gasteiger partial charge in [0.25, 0.3) is 11.8 Å². The molecule has 2 aromatic rings. The van der Waals surface area contributed by atoms with E-state index in [4.69, 9.17) is 9.15 Å². The van der Waals surface area contributed by atoms with Crippen molar-refractivity contribution in [2.45, 2.75) is 25.8 Å². The van der Waals surface area contributed by atoms with Crippen LogP contribution in [0.4, 0.5) is 10.8 Å². The van der Waals surface area contributed by atoms with Crippen molar-refractivity contribution in [1.82, 2.24) is 15.2 Å². The Bertz CT molecular complexity index is 828. The predicted octanol–water partition coefficient (Wildman–Crippen LogP) is 2.28. The molecule has 1 aromatic heterocycles. The number of ether oxygens (including phenoxy) is 1. The van der Waals surface area contributed by atoms with Crippen molar-refractivity contribution in [3.05, 3.63) is 47.9 Å². The van der Waals surface area contributed by atoms with Crippen LogP contribution in [0.15, 0.2) is 41.0 Å². The second kappa shape index (κ2) is 9.03. The third-order valence-electron chi connectivity index (χ3n) is 4.35. The van der Waals surface area contributed by atoms with Gasteiger partial charge in [-0.3, -0.25) is 14.9 Å². The van der Waals surface area contributed by atoms with Gasteiger partial charge in [-0.1, -0.05) is 18.2 Å². The fourth-order valence-electron chi connectivity index (χ4n) is 2.87. The van der Waals surface area contributed by atoms with Crippen LogP contribution in [-0.4, -0.2) is 53.5 Å². The molecule has 3 rings (SSSR count). The van der Waals surface area contributed by atoms with Crippen molar-refractivity contribution in [3.63, 3.8) is 0 Å². The van der Waals surface area contributed by atoms with Gasteiger partial charge in [0.1, 0.15) is 6.26 Å². The molecule has 0 radical (unpaired) electrons. The summed E-state index contributed by atoms with van der Waals surface area (Å²) in [5.74, 6) is -0.765. The third kappa shape index (κ3) is 4.87. The molecule has 9 nitrogen and oxygen atoms in total. The summed E-state index contributed by atoms with van der Waals surface area (Å²) in [7, 11) is 0. The number of anilines is 1. The van der Waals surface area contributed by atoms with Gasteiger partial charge in [-0.05, 0) is 31.9 Å². The summed E-state index contributed by atoms with van der Waals surface area (Å²) in [5.41, 5.74) is 0.538. The van der Waals surface area contributed by atoms with Crippen LogP contribution in [0.5, 0.6) is 0 Å². The number of aromatic nitrogens is 1. The van der Waals surface area contributed by atoms with Gasteiger partial charge in [0.15, 0.2) is 5.69 Å². The van der Waals surface area contributed by atoms with Crippen molar-refractivity contribution in [2.75, 3.05) is 25.0 Å². The maximum Gasteiger partial charge on any atom is 0.409 e. The second-order valence-corrected chi connectivity index (χ2v) is 6.29. The number of hydrogen-bond acceptors (Lipinski definition) is 6. The summed E-state index contributed by atoms with van der Waals surface area (Å²) < 4.78 is 10.1. The monoisotopic (exact) mass is 386 g/mol. The number of nitrogens with one attached hydrogen (secondary N) is 2. The van der Waals surface area contributed by atoms with Crippen LogP contribution in [0.2, 0.25) is 0 Å². The zero-order valence-corrected chi connectivity index (χ0v) is 15.5. The van der Waals surface area contributed by atoms with Crippen LogP contribution in [-0.2, 0) is 4.74 Å². The molecule has 0 unspecified atom stereocenters. The van der Waals surface area contributed by atoms with Gasteiger partial charge < -0.3 is 19.4 Å². The van der Waals surface area contributed by atoms with Crippen molar-refractivity contribution >= 4 is 23.9 Å². The molecule has 1 fully saturated rings. The molecule has 28 heavy (non-hydrogen) atoms. The van der Waals surface area contributed by atoms with Crippen LogP contribution >= 0.6 is 0 Å². The zero-order chi connectivity index (χ0) is 19.9. The second-order valence-electron chi connectivity index (χ2n) is 6.29. The Morgan fingerprint density at radius 2 is 1.89 bits per heavy atom. The Hall–Kier alpha value is -3.36. The van der Waals surface area contributed by atoms with Crippen molar-refractivity contribution in [3.8, 4) is 0 Å². The number of benzene rings is 1. The highest BCUT2D eigenvalue weighted by Gasteiger charge is 2.25. The minimum absolute atomic E-state index is 0.0452. The summed E-state index contributed by atoms with van der Waals surface area (Å²) >= 11 is 0. The van der Waals surface area contributed by atoms with E-state index in [1.165, 1.54) is 6.26 Å². The molecule has 1 saturated heterocycles. The van der Waals surface area contributed by atoms with Crippen molar-refractivity contribution < 1.29 is 23.5 Å². The van der Waals surface area contributed by atoms with Gasteiger partial charge in [-0.25, -0.2) is 4.79 Å². The van der Waals surface area contributed by atoms with E-state index in [0.717, 1.165) is 0 Å². The standard InChI is InChI=1S/C19H22N4O5/c1-2-27-19(26)23-10-8-14(9-11-23)20-17(25)15-12-28-18(21-15)22-16(24)13-6-4-3-5-7-13/h3-7,12,14H,2,8-11H2,1H3,(H,20,25)(H,21,22,24). The number of rotatable bonds is 5. The van der Waals surface area contributed by atoms with E-state index in [9.17, 15) is 14.4 Å². The number of amides is 3. The van der Waals surface area contributed by atoms with Gasteiger partial charge >= 0.3 is 12.1 Å². The molecular weight excluding hydrogens is 364 g/mol. The first-order chi connectivity index (χ1) is 13.6. The fourth-order valence-corrected chi connectivity index (χ4v) is 2.87. The molecule has 1 aliphatic heterocycles. The van der Waals surface area contributed by atoms with E-state index in [1.54, 1.807) is 36.1 Å². The number of carbonyl (C=O) groups is 3. The largest absolute Gasteiger partial charge is 0.450 e. The predicted molar refractivity (Wildman–Crippen MR) is 100.0 cm³/mol. The third-order valence-corrected chi connectivity index (χ3v) is 4.35. The molecule has 3 amide bonds. The summed E-state index contributed by atoms with van der Waals surface area (Å²) in [6.45, 7) is 3.13. The molecule has 0 atom stereocenters. The summed E-state index contributed by atoms with van der Waals surface area (Å²) in [6, 6.07) is 8.51. The molecule has 2 N–H and O–H groups in total. The molecule has 1 aromatic carbocycles. The minimum atomic E-state index is -0.390. The van der Waals surface area contributed by atoms with Gasteiger partial charge in [-0.2, -0.15) is 4.98 Å². The molecular formula is C19H22N4O5. The highest BCUT2D eigenvalue weighted by atomic mass is 16.6. The van der Waals surface area contributed by atoms with E-state index in [0.29, 0.717) is 38.1 Å². The Labute approximate surface area is 162 Å². The van der Waals surface area contributed by atoms with Crippen LogP contribution in [0.3, 0.4) is 0 Å². The van der Waals surface area contributed by atoms with Gasteiger partial charge in [0, 0.05) is 24.7 Å². The number of nitrogens with zero attached hydrogens (tertiary/aromatic N) is 2. The van der Waals surface area contributed by atoms with E-state index < -0.39 is 5.91 Å². The lowest BCUT2D eigenvalue weighted by Crippen LogP contribution is -2.46. The molecule has 148 valence electrons. The highest BCUT2D eigenvalue weighted by Crippen LogP contribution is 2.14. The SMILES string of the molecule is CCOC(=O)N1CCC(NC(=O)c2coc(NC(=O)c3ccccc3)n2)CC1. The topological polar surface area (TPSA) is 114 Å². The maximum atomic E-state index is 12.3. The molecule has 0 spiro atoms. The smallest absolute Gasteiger partial charge is 0.409 e. The highest BCUT2D eigenvalue weighted by molar-refractivity contribution is 6.03. The first-order valence-electron chi connectivity index (χ1n) is 9.11. The minimum Gasteiger partial charge on any atom is -0.450 e. The molecule has 0 bridgehead atoms. The maximum absolute atomic E-state index is 12.3. The van der Waals surface area contributed by atoms with Crippen LogP contribution < -0.4 is 10.6 Å². The molecule has 2 heterocycles. The Kier molecular flexibility index (Phi) is 6.25. The fraction of sp³-hybridized carbons (Fsp3) is 0.368. The van der Waals surface area contributed by atoms with E-state index >= 15 is 0 Å². The first-order valence-corrected chi connectivity index (χ1v) is 9.11. The summed E-state index contributed by atoms with van der Waals surface area (Å²) in [5, 5.41) is 5.38. The number of piperidine rings is 1. The van der Waals surface area contributed by atoms with Gasteiger partial charge in [0.05, 0.1) is 6.61 Å². The molecule has 0 saturated carbocycles. The molecule has 0 aliphatic carbocycles. The van der Waals surface area contributed by atoms with E-state index in [1.807, 2.05) is 6.07 Å². The average molecular weight is 386 g/mol. The van der Waals surface area contributed by atoms with Crippen molar-refractivity contribution in [1.29, 1.82) is 0 Å². The summed E-state index contributed by atoms with van der Waals surface area (Å²) in [6.07, 6.45) is 2.12. The van der Waals surface area contributed by atoms with Crippen molar-refractivity contribution in [2.24, 2.45) is 0 Å². The van der Waals surface area contributed by atoms with E-state index in [-0.39, 0.29) is 29.8 Å². The number of likely N-dealkylation sites (tertiary alicyclic amines) is 1. The summed E-state index contributed by atoms with van der Waals surface area (Å²) in [4.78, 5) is 41.8. The zero-order valence-electron chi connectivity index (χ0n) is 15.5. The van der Waals surface area contributed by atoms with Crippen LogP contribution in [0, 0.1) is 0 Å². The quantitative estimate of drug-likeness (QED) is 0.815. The van der Waals surface area contributed by atoms with E-state index in [2.05, 4.69) is 15.6 Å². The number of oxazole rings is 1. The normalized spacial score (nSPS) is 14.4. The molecule has 1 aliphatic rings. The lowest BCUT2D eigenvalue weighted by Gasteiger charge is -2.31. The number of carbonyl (C=O) groups excluding carboxylic acids is 3. The van der Waals surface area contributed by atoms with Crippen LogP contribution in [0.25, 0.3) is 0 Å². The number of hydrogen-bond donors (Lipinski definition) is 2. The Morgan fingerprint density at radius 1 is 1.18 bits per heavy atom. The lowest BCUT2D eigenvalue weighted by molar-refractivity contribution is 0.0855. The first kappa shape index (κ1) is 19.4. The van der Waals surface area contributed by atoms with Gasteiger partial charge in [0.2, 0.25) is 0 Å². The average Bonchev–Trinajstić information content (AvgIpc) is 3.18. The molecule has 9 heteroatoms. The van der Waals surface area contributed by atoms with Crippen LogP contribution in [0.1, 0.15) is 40.6 Å². The Balaban J connectivity index is 1.49. The van der Waals surface area contributed by atoms with Gasteiger partial charge in [-0.15, -0.1) is 0 Å². The lowest BCUT2D eigenvalue weighted by atomic mass is 10.1. The Morgan fingerprint density at radius 3 is 2.57 bits per heavy atom.